The van der Waals surface area contributed by atoms with Gasteiger partial charge in [0.15, 0.2) is 0 Å². The zero-order valence-corrected chi connectivity index (χ0v) is 17.4. The number of nitrogens with zero attached hydrogens (tertiary/aromatic N) is 1. The van der Waals surface area contributed by atoms with Crippen molar-refractivity contribution >= 4 is 5.57 Å². The molecule has 2 saturated carbocycles. The van der Waals surface area contributed by atoms with E-state index in [9.17, 15) is 10.2 Å². The molecule has 0 spiro atoms. The zero-order valence-electron chi connectivity index (χ0n) is 17.4. The van der Waals surface area contributed by atoms with Gasteiger partial charge < -0.3 is 10.2 Å². The van der Waals surface area contributed by atoms with Crippen LogP contribution >= 0.6 is 0 Å². The predicted molar refractivity (Wildman–Crippen MR) is 111 cm³/mol. The Morgan fingerprint density at radius 3 is 2.57 bits per heavy atom. The zero-order chi connectivity index (χ0) is 19.7. The summed E-state index contributed by atoms with van der Waals surface area (Å²) in [4.78, 5) is 4.38. The Morgan fingerprint density at radius 1 is 1.04 bits per heavy atom. The molecule has 2 N–H and O–H groups in total. The van der Waals surface area contributed by atoms with Crippen LogP contribution in [-0.2, 0) is 0 Å². The van der Waals surface area contributed by atoms with Crippen molar-refractivity contribution in [2.24, 2.45) is 28.6 Å². The van der Waals surface area contributed by atoms with Gasteiger partial charge in [0.1, 0.15) is 0 Å². The molecule has 1 aromatic heterocycles. The maximum Gasteiger partial charge on any atom is 0.0757 e. The quantitative estimate of drug-likeness (QED) is 0.692. The topological polar surface area (TPSA) is 53.4 Å². The van der Waals surface area contributed by atoms with E-state index >= 15 is 0 Å². The van der Waals surface area contributed by atoms with Crippen molar-refractivity contribution in [2.75, 3.05) is 0 Å². The first-order valence-corrected chi connectivity index (χ1v) is 11.0. The van der Waals surface area contributed by atoms with E-state index in [4.69, 9.17) is 0 Å². The second-order valence-corrected chi connectivity index (χ2v) is 10.3. The fraction of sp³-hybridized carbons (Fsp3) is 0.640. The first-order chi connectivity index (χ1) is 13.3. The van der Waals surface area contributed by atoms with Gasteiger partial charge in [0.2, 0.25) is 0 Å². The van der Waals surface area contributed by atoms with E-state index in [1.54, 1.807) is 0 Å². The van der Waals surface area contributed by atoms with Crippen molar-refractivity contribution < 1.29 is 10.2 Å². The Morgan fingerprint density at radius 2 is 1.82 bits per heavy atom. The Bertz CT molecular complexity index is 843. The molecule has 3 nitrogen and oxygen atoms in total. The van der Waals surface area contributed by atoms with Crippen molar-refractivity contribution in [1.82, 2.24) is 4.98 Å². The first kappa shape index (κ1) is 18.6. The molecule has 0 radical (unpaired) electrons. The van der Waals surface area contributed by atoms with Gasteiger partial charge in [-0.3, -0.25) is 4.98 Å². The second-order valence-electron chi connectivity index (χ2n) is 10.3. The minimum Gasteiger partial charge on any atom is -0.393 e. The predicted octanol–water partition coefficient (Wildman–Crippen LogP) is 4.76. The number of fused-ring (bicyclic) bond motifs is 5. The third-order valence-electron chi connectivity index (χ3n) is 8.97. The molecule has 0 aliphatic heterocycles. The van der Waals surface area contributed by atoms with Crippen molar-refractivity contribution in [2.45, 2.75) is 71.5 Å². The minimum absolute atomic E-state index is 0.116. The maximum absolute atomic E-state index is 11.3. The van der Waals surface area contributed by atoms with E-state index in [-0.39, 0.29) is 23.0 Å². The highest BCUT2D eigenvalue weighted by Crippen LogP contribution is 2.67. The van der Waals surface area contributed by atoms with Crippen LogP contribution < -0.4 is 0 Å². The molecule has 0 bridgehead atoms. The van der Waals surface area contributed by atoms with E-state index in [0.29, 0.717) is 17.8 Å². The molecule has 7 atom stereocenters. The highest BCUT2D eigenvalue weighted by atomic mass is 16.3. The Kier molecular flexibility index (Phi) is 4.16. The minimum atomic E-state index is -0.385. The average Bonchev–Trinajstić information content (AvgIpc) is 2.94. The molecule has 28 heavy (non-hydrogen) atoms. The summed E-state index contributed by atoms with van der Waals surface area (Å²) in [5.74, 6) is 1.32. The Hall–Kier alpha value is -1.45. The molecule has 1 aromatic rings. The summed E-state index contributed by atoms with van der Waals surface area (Å²) in [5, 5.41) is 21.5. The van der Waals surface area contributed by atoms with E-state index in [0.717, 1.165) is 32.1 Å². The number of rotatable bonds is 1. The molecule has 5 rings (SSSR count). The van der Waals surface area contributed by atoms with Gasteiger partial charge >= 0.3 is 0 Å². The van der Waals surface area contributed by atoms with Gasteiger partial charge in [0, 0.05) is 12.4 Å². The van der Waals surface area contributed by atoms with Gasteiger partial charge in [-0.25, -0.2) is 0 Å². The van der Waals surface area contributed by atoms with Crippen LogP contribution in [0.25, 0.3) is 5.57 Å². The van der Waals surface area contributed by atoms with E-state index in [1.807, 2.05) is 18.5 Å². The smallest absolute Gasteiger partial charge is 0.0757 e. The van der Waals surface area contributed by atoms with Crippen molar-refractivity contribution in [3.05, 3.63) is 47.3 Å². The molecule has 4 aliphatic rings. The van der Waals surface area contributed by atoms with E-state index in [1.165, 1.54) is 28.7 Å². The fourth-order valence-electron chi connectivity index (χ4n) is 7.65. The number of hydrogen-bond acceptors (Lipinski definition) is 3. The molecule has 0 amide bonds. The van der Waals surface area contributed by atoms with Gasteiger partial charge in [-0.15, -0.1) is 0 Å². The van der Waals surface area contributed by atoms with Crippen LogP contribution in [0.1, 0.15) is 64.9 Å². The lowest BCUT2D eigenvalue weighted by Gasteiger charge is -2.58. The van der Waals surface area contributed by atoms with Crippen LogP contribution in [0.5, 0.6) is 0 Å². The number of allylic oxidation sites excluding steroid dienone is 2. The third kappa shape index (κ3) is 2.45. The summed E-state index contributed by atoms with van der Waals surface area (Å²) >= 11 is 0. The van der Waals surface area contributed by atoms with E-state index in [2.05, 4.69) is 37.9 Å². The fourth-order valence-corrected chi connectivity index (χ4v) is 7.65. The molecular formula is C25H33NO2. The summed E-state index contributed by atoms with van der Waals surface area (Å²) in [5.41, 5.74) is 5.80. The monoisotopic (exact) mass is 379 g/mol. The molecule has 0 saturated heterocycles. The average molecular weight is 380 g/mol. The van der Waals surface area contributed by atoms with Crippen molar-refractivity contribution in [3.8, 4) is 0 Å². The van der Waals surface area contributed by atoms with Gasteiger partial charge in [-0.1, -0.05) is 37.1 Å². The van der Waals surface area contributed by atoms with E-state index < -0.39 is 0 Å². The highest BCUT2D eigenvalue weighted by Gasteiger charge is 2.59. The molecule has 150 valence electrons. The molecule has 0 unspecified atom stereocenters. The lowest BCUT2D eigenvalue weighted by Crippen LogP contribution is -2.54. The lowest BCUT2D eigenvalue weighted by atomic mass is 9.46. The maximum atomic E-state index is 11.3. The van der Waals surface area contributed by atoms with Gasteiger partial charge in [-0.2, -0.15) is 0 Å². The molecule has 0 aromatic carbocycles. The van der Waals surface area contributed by atoms with Gasteiger partial charge in [-0.05, 0) is 91.2 Å². The van der Waals surface area contributed by atoms with Crippen molar-refractivity contribution in [3.63, 3.8) is 0 Å². The van der Waals surface area contributed by atoms with Gasteiger partial charge in [0.25, 0.3) is 0 Å². The van der Waals surface area contributed by atoms with Crippen LogP contribution in [0, 0.1) is 28.6 Å². The highest BCUT2D eigenvalue weighted by molar-refractivity contribution is 5.75. The Labute approximate surface area is 168 Å². The Balaban J connectivity index is 1.55. The summed E-state index contributed by atoms with van der Waals surface area (Å²) in [6.45, 7) is 7.13. The standard InChI is InChI=1S/C25H33NO2/c1-15-11-20-22-19(24(2)8-6-18(27)12-17(24)13-21(22)28)7-9-25(20,3)23(15)16-5-4-10-26-14-16/h4-5,10,13-14,18-22,27-28H,6-9,11-12H2,1-3H3/t18-,19+,20+,21-,22-,24+,25+/m1/s1. The lowest BCUT2D eigenvalue weighted by molar-refractivity contribution is -0.0733. The number of aliphatic hydroxyl groups excluding tert-OH is 2. The summed E-state index contributed by atoms with van der Waals surface area (Å²) in [6, 6.07) is 4.24. The normalized spacial score (nSPS) is 45.2. The van der Waals surface area contributed by atoms with Crippen molar-refractivity contribution in [1.29, 1.82) is 0 Å². The number of aromatic nitrogens is 1. The van der Waals surface area contributed by atoms with Crippen LogP contribution in [0.15, 0.2) is 41.7 Å². The molecular weight excluding hydrogens is 346 g/mol. The van der Waals surface area contributed by atoms with Gasteiger partial charge in [0.05, 0.1) is 12.2 Å². The molecule has 2 fully saturated rings. The molecule has 4 aliphatic carbocycles. The SMILES string of the molecule is CC1=C(c2cccnc2)[C@@]2(C)CC[C@H]3[C@@H]([C@H](O)C=C4C[C@H](O)CC[C@@]43C)[C@@H]2C1. The molecule has 1 heterocycles. The largest absolute Gasteiger partial charge is 0.393 e. The summed E-state index contributed by atoms with van der Waals surface area (Å²) in [6.07, 6.45) is 11.5. The number of aliphatic hydroxyl groups is 2. The van der Waals surface area contributed by atoms with Crippen LogP contribution in [0.2, 0.25) is 0 Å². The molecule has 3 heteroatoms. The first-order valence-electron chi connectivity index (χ1n) is 11.0. The van der Waals surface area contributed by atoms with Crippen LogP contribution in [-0.4, -0.2) is 27.4 Å². The number of hydrogen-bond donors (Lipinski definition) is 2. The second kappa shape index (κ2) is 6.27. The van der Waals surface area contributed by atoms with Crippen LogP contribution in [0.3, 0.4) is 0 Å². The summed E-state index contributed by atoms with van der Waals surface area (Å²) in [7, 11) is 0. The third-order valence-corrected chi connectivity index (χ3v) is 8.97. The van der Waals surface area contributed by atoms with Crippen LogP contribution in [0.4, 0.5) is 0 Å². The summed E-state index contributed by atoms with van der Waals surface area (Å²) < 4.78 is 0. The number of pyridine rings is 1.